The van der Waals surface area contributed by atoms with E-state index in [1.165, 1.54) is 65.9 Å². The van der Waals surface area contributed by atoms with Crippen LogP contribution in [-0.4, -0.2) is 16.2 Å². The van der Waals surface area contributed by atoms with Crippen molar-refractivity contribution in [2.75, 3.05) is 11.9 Å². The van der Waals surface area contributed by atoms with Gasteiger partial charge in [-0.15, -0.1) is 0 Å². The number of hydrogen-bond acceptors (Lipinski definition) is 1. The van der Waals surface area contributed by atoms with Gasteiger partial charge in [-0.05, 0) is 83.4 Å². The minimum absolute atomic E-state index is 1.14. The number of para-hydroxylation sites is 3. The monoisotopic (exact) mass is 665 g/mol. The van der Waals surface area contributed by atoms with Gasteiger partial charge in [-0.3, -0.25) is 0 Å². The highest BCUT2D eigenvalue weighted by atomic mass is 15.1. The van der Waals surface area contributed by atoms with E-state index in [-0.39, 0.29) is 0 Å². The molecule has 0 radical (unpaired) electrons. The Bertz CT molecular complexity index is 2880. The summed E-state index contributed by atoms with van der Waals surface area (Å²) in [7, 11) is 2.18. The van der Waals surface area contributed by atoms with E-state index in [0.29, 0.717) is 0 Å². The van der Waals surface area contributed by atoms with Gasteiger partial charge in [-0.1, -0.05) is 127 Å². The summed E-state index contributed by atoms with van der Waals surface area (Å²) in [6.07, 6.45) is 0. The molecular weight excluding hydrogens is 631 g/mol. The van der Waals surface area contributed by atoms with Gasteiger partial charge < -0.3 is 14.0 Å². The van der Waals surface area contributed by atoms with Crippen molar-refractivity contribution in [2.24, 2.45) is 0 Å². The third kappa shape index (κ3) is 4.82. The SMILES string of the molecule is CN(c1ccc(-c2ccccc2)cc1)c1cc2c3ccccc3n(-c3ccc4c(c3)c3ccccc3n4-c3ccccc3)c2cc1-c1ccccc1. The van der Waals surface area contributed by atoms with Crippen LogP contribution in [0.2, 0.25) is 0 Å². The van der Waals surface area contributed by atoms with Crippen LogP contribution in [0.3, 0.4) is 0 Å². The second-order valence-electron chi connectivity index (χ2n) is 13.5. The van der Waals surface area contributed by atoms with Crippen LogP contribution in [0.5, 0.6) is 0 Å². The second-order valence-corrected chi connectivity index (χ2v) is 13.5. The first-order valence-electron chi connectivity index (χ1n) is 17.8. The van der Waals surface area contributed by atoms with Crippen molar-refractivity contribution in [3.05, 3.63) is 194 Å². The molecule has 0 atom stereocenters. The van der Waals surface area contributed by atoms with E-state index in [2.05, 4.69) is 215 Å². The van der Waals surface area contributed by atoms with Crippen molar-refractivity contribution in [3.63, 3.8) is 0 Å². The van der Waals surface area contributed by atoms with Gasteiger partial charge in [0.25, 0.3) is 0 Å². The van der Waals surface area contributed by atoms with Crippen LogP contribution in [-0.2, 0) is 0 Å². The summed E-state index contributed by atoms with van der Waals surface area (Å²) in [6, 6.07) is 70.2. The van der Waals surface area contributed by atoms with Crippen molar-refractivity contribution < 1.29 is 0 Å². The molecule has 0 spiro atoms. The number of anilines is 2. The molecule has 3 nitrogen and oxygen atoms in total. The molecule has 8 aromatic carbocycles. The third-order valence-electron chi connectivity index (χ3n) is 10.5. The summed E-state index contributed by atoms with van der Waals surface area (Å²) < 4.78 is 4.83. The zero-order valence-electron chi connectivity index (χ0n) is 28.8. The lowest BCUT2D eigenvalue weighted by atomic mass is 9.99. The third-order valence-corrected chi connectivity index (χ3v) is 10.5. The van der Waals surface area contributed by atoms with Gasteiger partial charge in [0.05, 0.1) is 22.1 Å². The fraction of sp³-hybridized carbons (Fsp3) is 0.0204. The number of aromatic nitrogens is 2. The van der Waals surface area contributed by atoms with Crippen LogP contribution in [0.25, 0.3) is 77.2 Å². The van der Waals surface area contributed by atoms with Gasteiger partial charge in [-0.2, -0.15) is 0 Å². The Balaban J connectivity index is 1.19. The van der Waals surface area contributed by atoms with Crippen LogP contribution in [0, 0.1) is 0 Å². The quantitative estimate of drug-likeness (QED) is 0.172. The van der Waals surface area contributed by atoms with Crippen LogP contribution >= 0.6 is 0 Å². The molecule has 52 heavy (non-hydrogen) atoms. The Hall–Kier alpha value is -6.84. The van der Waals surface area contributed by atoms with E-state index < -0.39 is 0 Å². The van der Waals surface area contributed by atoms with Crippen molar-refractivity contribution in [2.45, 2.75) is 0 Å². The zero-order valence-corrected chi connectivity index (χ0v) is 28.8. The largest absolute Gasteiger partial charge is 0.344 e. The lowest BCUT2D eigenvalue weighted by Gasteiger charge is -2.24. The number of rotatable bonds is 6. The summed E-state index contributed by atoms with van der Waals surface area (Å²) in [5.74, 6) is 0. The van der Waals surface area contributed by atoms with Gasteiger partial charge in [0.1, 0.15) is 0 Å². The summed E-state index contributed by atoms with van der Waals surface area (Å²) in [4.78, 5) is 2.33. The highest BCUT2D eigenvalue weighted by Crippen LogP contribution is 2.43. The van der Waals surface area contributed by atoms with Gasteiger partial charge in [0.2, 0.25) is 0 Å². The summed E-state index contributed by atoms with van der Waals surface area (Å²) in [6.45, 7) is 0. The molecular formula is C49H35N3. The predicted molar refractivity (Wildman–Crippen MR) is 220 cm³/mol. The van der Waals surface area contributed by atoms with E-state index in [9.17, 15) is 0 Å². The first-order valence-corrected chi connectivity index (χ1v) is 17.8. The van der Waals surface area contributed by atoms with Crippen molar-refractivity contribution in [1.29, 1.82) is 0 Å². The Morgan fingerprint density at radius 3 is 1.50 bits per heavy atom. The molecule has 0 unspecified atom stereocenters. The Kier molecular flexibility index (Phi) is 7.04. The average Bonchev–Trinajstić information content (AvgIpc) is 3.73. The summed E-state index contributed by atoms with van der Waals surface area (Å²) in [5.41, 5.74) is 14.2. The van der Waals surface area contributed by atoms with Gasteiger partial charge in [0.15, 0.2) is 0 Å². The maximum atomic E-state index is 2.45. The molecule has 2 heterocycles. The molecule has 246 valence electrons. The Labute approximate surface area is 302 Å². The van der Waals surface area contributed by atoms with E-state index in [1.807, 2.05) is 0 Å². The normalized spacial score (nSPS) is 11.6. The van der Waals surface area contributed by atoms with E-state index in [4.69, 9.17) is 0 Å². The topological polar surface area (TPSA) is 13.1 Å². The van der Waals surface area contributed by atoms with Gasteiger partial charge in [0, 0.05) is 56.9 Å². The molecule has 0 bridgehead atoms. The molecule has 2 aromatic heterocycles. The van der Waals surface area contributed by atoms with E-state index in [1.54, 1.807) is 0 Å². The number of benzene rings is 8. The van der Waals surface area contributed by atoms with Crippen LogP contribution in [0.15, 0.2) is 194 Å². The highest BCUT2D eigenvalue weighted by Gasteiger charge is 2.20. The number of nitrogens with zero attached hydrogens (tertiary/aromatic N) is 3. The Morgan fingerprint density at radius 2 is 0.846 bits per heavy atom. The highest BCUT2D eigenvalue weighted by molar-refractivity contribution is 6.14. The lowest BCUT2D eigenvalue weighted by molar-refractivity contribution is 1.16. The molecule has 0 fully saturated rings. The van der Waals surface area contributed by atoms with Crippen molar-refractivity contribution >= 4 is 55.0 Å². The molecule has 0 aliphatic heterocycles. The second kappa shape index (κ2) is 12.2. The molecule has 0 amide bonds. The molecule has 0 aliphatic carbocycles. The molecule has 0 N–H and O–H groups in total. The summed E-state index contributed by atoms with van der Waals surface area (Å²) >= 11 is 0. The minimum Gasteiger partial charge on any atom is -0.344 e. The molecule has 3 heteroatoms. The van der Waals surface area contributed by atoms with Crippen LogP contribution in [0.1, 0.15) is 0 Å². The fourth-order valence-electron chi connectivity index (χ4n) is 8.01. The van der Waals surface area contributed by atoms with E-state index >= 15 is 0 Å². The van der Waals surface area contributed by atoms with E-state index in [0.717, 1.165) is 22.7 Å². The first kappa shape index (κ1) is 30.0. The van der Waals surface area contributed by atoms with Crippen LogP contribution < -0.4 is 4.90 Å². The standard InChI is InChI=1S/C49H35N3/c1-50(37-27-25-35(26-28-37)34-15-5-2-6-16-34)48-33-44-41-22-12-14-24-46(41)52(49(44)32-42(48)36-17-7-3-8-18-36)39-29-30-47-43(31-39)40-21-11-13-23-45(40)51(47)38-19-9-4-10-20-38/h2-33H,1H3. The van der Waals surface area contributed by atoms with Crippen molar-refractivity contribution in [3.8, 4) is 33.6 Å². The maximum absolute atomic E-state index is 2.45. The Morgan fingerprint density at radius 1 is 0.346 bits per heavy atom. The molecule has 0 saturated carbocycles. The summed E-state index contributed by atoms with van der Waals surface area (Å²) in [5, 5.41) is 4.94. The predicted octanol–water partition coefficient (Wildman–Crippen LogP) is 13.0. The minimum atomic E-state index is 1.14. The molecule has 0 aliphatic rings. The average molecular weight is 666 g/mol. The molecule has 0 saturated heterocycles. The van der Waals surface area contributed by atoms with Gasteiger partial charge >= 0.3 is 0 Å². The van der Waals surface area contributed by atoms with Crippen LogP contribution in [0.4, 0.5) is 11.4 Å². The van der Waals surface area contributed by atoms with Gasteiger partial charge in [-0.25, -0.2) is 0 Å². The smallest absolute Gasteiger partial charge is 0.0548 e. The maximum Gasteiger partial charge on any atom is 0.0548 e. The number of fused-ring (bicyclic) bond motifs is 6. The van der Waals surface area contributed by atoms with Crippen molar-refractivity contribution in [1.82, 2.24) is 9.13 Å². The zero-order chi connectivity index (χ0) is 34.6. The first-order chi connectivity index (χ1) is 25.7. The molecule has 10 rings (SSSR count). The molecule has 10 aromatic rings. The lowest BCUT2D eigenvalue weighted by Crippen LogP contribution is -2.11. The fourth-order valence-corrected chi connectivity index (χ4v) is 8.01. The number of hydrogen-bond donors (Lipinski definition) is 0.